The molecule has 0 saturated carbocycles. The zero-order valence-corrected chi connectivity index (χ0v) is 8.25. The van der Waals surface area contributed by atoms with E-state index in [4.69, 9.17) is 7.85 Å². The van der Waals surface area contributed by atoms with E-state index in [1.54, 1.807) is 0 Å². The lowest BCUT2D eigenvalue weighted by molar-refractivity contribution is 0.404. The molecule has 0 heterocycles. The number of allylic oxidation sites excluding steroid dienone is 4. The molecule has 0 unspecified atom stereocenters. The van der Waals surface area contributed by atoms with Gasteiger partial charge in [-0.15, -0.1) is 0 Å². The molecule has 0 aromatic rings. The van der Waals surface area contributed by atoms with E-state index in [1.165, 1.54) is 24.3 Å². The Morgan fingerprint density at radius 1 is 1.62 bits per heavy atom. The van der Waals surface area contributed by atoms with Gasteiger partial charge in [-0.2, -0.15) is 8.42 Å². The SMILES string of the molecule is [B]C/C=C\C(=C/C=C)S(=O)(=O)OC. The smallest absolute Gasteiger partial charge is 0.270 e. The first kappa shape index (κ1) is 12.2. The van der Waals surface area contributed by atoms with Crippen molar-refractivity contribution in [3.63, 3.8) is 0 Å². The molecule has 0 N–H and O–H groups in total. The third-order valence-electron chi connectivity index (χ3n) is 1.21. The first-order chi connectivity index (χ1) is 6.08. The van der Waals surface area contributed by atoms with Crippen LogP contribution in [0.4, 0.5) is 0 Å². The van der Waals surface area contributed by atoms with Crippen molar-refractivity contribution in [3.05, 3.63) is 35.8 Å². The number of rotatable bonds is 5. The van der Waals surface area contributed by atoms with Gasteiger partial charge in [0.1, 0.15) is 0 Å². The van der Waals surface area contributed by atoms with Gasteiger partial charge in [-0.3, -0.25) is 4.18 Å². The summed E-state index contributed by atoms with van der Waals surface area (Å²) in [5.74, 6) is 0. The van der Waals surface area contributed by atoms with Gasteiger partial charge in [0, 0.05) is 0 Å². The van der Waals surface area contributed by atoms with Crippen molar-refractivity contribution in [3.8, 4) is 0 Å². The topological polar surface area (TPSA) is 43.4 Å². The average molecular weight is 198 g/mol. The summed E-state index contributed by atoms with van der Waals surface area (Å²) in [7, 11) is 2.63. The van der Waals surface area contributed by atoms with Gasteiger partial charge in [0.2, 0.25) is 0 Å². The van der Waals surface area contributed by atoms with E-state index in [1.807, 2.05) is 0 Å². The van der Waals surface area contributed by atoms with Gasteiger partial charge < -0.3 is 0 Å². The van der Waals surface area contributed by atoms with E-state index in [9.17, 15) is 8.42 Å². The van der Waals surface area contributed by atoms with Crippen LogP contribution >= 0.6 is 0 Å². The van der Waals surface area contributed by atoms with Gasteiger partial charge in [0.05, 0.1) is 19.9 Å². The minimum Gasteiger partial charge on any atom is -0.270 e. The molecule has 0 fully saturated rings. The average Bonchev–Trinajstić information content (AvgIpc) is 2.12. The zero-order chi connectivity index (χ0) is 10.3. The van der Waals surface area contributed by atoms with Gasteiger partial charge in [-0.25, -0.2) is 0 Å². The van der Waals surface area contributed by atoms with Crippen LogP contribution in [0, 0.1) is 0 Å². The molecule has 3 nitrogen and oxygen atoms in total. The maximum Gasteiger partial charge on any atom is 0.296 e. The molecule has 5 heteroatoms. The first-order valence-corrected chi connectivity index (χ1v) is 4.99. The van der Waals surface area contributed by atoms with Crippen LogP contribution in [0.25, 0.3) is 0 Å². The van der Waals surface area contributed by atoms with E-state index < -0.39 is 10.1 Å². The van der Waals surface area contributed by atoms with Crippen molar-refractivity contribution in [2.24, 2.45) is 0 Å². The van der Waals surface area contributed by atoms with Crippen LogP contribution in [0.5, 0.6) is 0 Å². The van der Waals surface area contributed by atoms with E-state index >= 15 is 0 Å². The highest BCUT2D eigenvalue weighted by atomic mass is 32.2. The lowest BCUT2D eigenvalue weighted by Crippen LogP contribution is -2.03. The molecule has 70 valence electrons. The molecule has 0 saturated heterocycles. The molecule has 0 bridgehead atoms. The van der Waals surface area contributed by atoms with E-state index in [0.29, 0.717) is 0 Å². The number of hydrogen-bond donors (Lipinski definition) is 0. The molecule has 0 aliphatic carbocycles. The standard InChI is InChI=1S/C8H11BO3S/c1-3-5-8(6-4-7-9)13(10,11)12-2/h3-6H,1,7H2,2H3/b6-4-,8-5+. The predicted molar refractivity (Wildman–Crippen MR) is 53.9 cm³/mol. The second kappa shape index (κ2) is 5.77. The van der Waals surface area contributed by atoms with Gasteiger partial charge in [-0.05, 0) is 12.2 Å². The summed E-state index contributed by atoms with van der Waals surface area (Å²) in [6, 6.07) is 0. The highest BCUT2D eigenvalue weighted by Gasteiger charge is 2.12. The maximum atomic E-state index is 11.2. The minimum absolute atomic E-state index is 0.0375. The van der Waals surface area contributed by atoms with Gasteiger partial charge in [-0.1, -0.05) is 25.1 Å². The fourth-order valence-electron chi connectivity index (χ4n) is 0.619. The summed E-state index contributed by atoms with van der Waals surface area (Å²) < 4.78 is 26.6. The molecule has 0 aromatic carbocycles. The quantitative estimate of drug-likeness (QED) is 0.378. The Labute approximate surface area is 80.3 Å². The summed E-state index contributed by atoms with van der Waals surface area (Å²) in [6.45, 7) is 3.39. The van der Waals surface area contributed by atoms with E-state index in [2.05, 4.69) is 10.8 Å². The number of hydrogen-bond acceptors (Lipinski definition) is 3. The van der Waals surface area contributed by atoms with E-state index in [-0.39, 0.29) is 11.2 Å². The van der Waals surface area contributed by atoms with Gasteiger partial charge >= 0.3 is 0 Å². The van der Waals surface area contributed by atoms with Crippen LogP contribution in [0.2, 0.25) is 6.32 Å². The Hall–Kier alpha value is -0.805. The molecule has 2 radical (unpaired) electrons. The summed E-state index contributed by atoms with van der Waals surface area (Å²) in [5, 5.41) is 0. The molecule has 0 atom stereocenters. The fraction of sp³-hybridized carbons (Fsp3) is 0.250. The Morgan fingerprint density at radius 3 is 2.62 bits per heavy atom. The molecule has 0 spiro atoms. The largest absolute Gasteiger partial charge is 0.296 e. The Balaban J connectivity index is 4.95. The second-order valence-corrected chi connectivity index (χ2v) is 3.78. The monoisotopic (exact) mass is 198 g/mol. The lowest BCUT2D eigenvalue weighted by atomic mass is 10.1. The maximum absolute atomic E-state index is 11.2. The Bertz CT molecular complexity index is 314. The van der Waals surface area contributed by atoms with Crippen LogP contribution in [-0.4, -0.2) is 23.4 Å². The zero-order valence-electron chi connectivity index (χ0n) is 7.43. The predicted octanol–water partition coefficient (Wildman–Crippen LogP) is 1.18. The lowest BCUT2D eigenvalue weighted by Gasteiger charge is -2.00. The van der Waals surface area contributed by atoms with Crippen molar-refractivity contribution < 1.29 is 12.6 Å². The van der Waals surface area contributed by atoms with Crippen molar-refractivity contribution in [1.82, 2.24) is 0 Å². The van der Waals surface area contributed by atoms with Crippen LogP contribution in [0.1, 0.15) is 0 Å². The summed E-state index contributed by atoms with van der Waals surface area (Å²) in [4.78, 5) is 0.0375. The van der Waals surface area contributed by atoms with Crippen molar-refractivity contribution >= 4 is 18.0 Å². The molecule has 0 aliphatic rings. The first-order valence-electron chi connectivity index (χ1n) is 3.58. The Morgan fingerprint density at radius 2 is 2.23 bits per heavy atom. The minimum atomic E-state index is -3.65. The molecule has 0 aromatic heterocycles. The molecule has 0 rings (SSSR count). The summed E-state index contributed by atoms with van der Waals surface area (Å²) >= 11 is 0. The van der Waals surface area contributed by atoms with Crippen molar-refractivity contribution in [2.45, 2.75) is 6.32 Å². The molecular formula is C8H11BO3S. The summed E-state index contributed by atoms with van der Waals surface area (Å²) in [5.41, 5.74) is 0. The van der Waals surface area contributed by atoms with Crippen LogP contribution < -0.4 is 0 Å². The third kappa shape index (κ3) is 4.10. The highest BCUT2D eigenvalue weighted by molar-refractivity contribution is 7.90. The normalized spacial score (nSPS) is 13.5. The molecule has 13 heavy (non-hydrogen) atoms. The van der Waals surface area contributed by atoms with Gasteiger partial charge in [0.25, 0.3) is 10.1 Å². The van der Waals surface area contributed by atoms with Crippen LogP contribution in [-0.2, 0) is 14.3 Å². The van der Waals surface area contributed by atoms with E-state index in [0.717, 1.165) is 7.11 Å². The molecule has 0 amide bonds. The van der Waals surface area contributed by atoms with Crippen LogP contribution in [0.3, 0.4) is 0 Å². The fourth-order valence-corrected chi connectivity index (χ4v) is 1.34. The van der Waals surface area contributed by atoms with Gasteiger partial charge in [0.15, 0.2) is 0 Å². The van der Waals surface area contributed by atoms with Crippen molar-refractivity contribution in [2.75, 3.05) is 7.11 Å². The highest BCUT2D eigenvalue weighted by Crippen LogP contribution is 2.10. The molecular weight excluding hydrogens is 187 g/mol. The summed E-state index contributed by atoms with van der Waals surface area (Å²) in [6.07, 6.45) is 5.87. The van der Waals surface area contributed by atoms with Crippen LogP contribution in [0.15, 0.2) is 35.8 Å². The molecule has 0 aliphatic heterocycles. The second-order valence-electron chi connectivity index (χ2n) is 2.06. The van der Waals surface area contributed by atoms with Crippen molar-refractivity contribution in [1.29, 1.82) is 0 Å². The Kier molecular flexibility index (Phi) is 5.42. The third-order valence-corrected chi connectivity index (χ3v) is 2.50.